The molecular formula is C11H5Br2FN2O3. The van der Waals surface area contributed by atoms with Gasteiger partial charge in [0, 0.05) is 12.1 Å². The number of ether oxygens (including phenoxy) is 1. The van der Waals surface area contributed by atoms with Crippen molar-refractivity contribution < 1.29 is 14.1 Å². The van der Waals surface area contributed by atoms with Gasteiger partial charge in [0.1, 0.15) is 17.8 Å². The maximum absolute atomic E-state index is 13.3. The Morgan fingerprint density at radius 1 is 1.26 bits per heavy atom. The van der Waals surface area contributed by atoms with Crippen LogP contribution in [-0.4, -0.2) is 9.91 Å². The molecular weight excluding hydrogens is 387 g/mol. The summed E-state index contributed by atoms with van der Waals surface area (Å²) in [4.78, 5) is 13.8. The predicted octanol–water partition coefficient (Wildman–Crippen LogP) is 4.45. The molecule has 19 heavy (non-hydrogen) atoms. The second-order valence-electron chi connectivity index (χ2n) is 3.42. The molecule has 0 aliphatic heterocycles. The topological polar surface area (TPSA) is 65.3 Å². The van der Waals surface area contributed by atoms with Crippen molar-refractivity contribution in [3.05, 3.63) is 55.3 Å². The summed E-state index contributed by atoms with van der Waals surface area (Å²) < 4.78 is 19.3. The van der Waals surface area contributed by atoms with E-state index < -0.39 is 10.7 Å². The number of hydrogen-bond acceptors (Lipinski definition) is 4. The highest BCUT2D eigenvalue weighted by Gasteiger charge is 2.12. The van der Waals surface area contributed by atoms with Gasteiger partial charge in [0.2, 0.25) is 5.88 Å². The summed E-state index contributed by atoms with van der Waals surface area (Å²) in [6.07, 6.45) is 1.06. The van der Waals surface area contributed by atoms with Crippen molar-refractivity contribution in [2.45, 2.75) is 0 Å². The zero-order chi connectivity index (χ0) is 14.0. The largest absolute Gasteiger partial charge is 0.438 e. The number of aromatic nitrogens is 1. The van der Waals surface area contributed by atoms with Gasteiger partial charge >= 0.3 is 0 Å². The molecule has 0 unspecified atom stereocenters. The van der Waals surface area contributed by atoms with Crippen LogP contribution in [0.2, 0.25) is 0 Å². The Hall–Kier alpha value is -1.54. The molecule has 1 aromatic carbocycles. The summed E-state index contributed by atoms with van der Waals surface area (Å²) >= 11 is 6.14. The molecule has 8 heteroatoms. The fourth-order valence-corrected chi connectivity index (χ4v) is 1.91. The van der Waals surface area contributed by atoms with Crippen molar-refractivity contribution in [2.24, 2.45) is 0 Å². The molecule has 0 saturated heterocycles. The normalized spacial score (nSPS) is 10.3. The van der Waals surface area contributed by atoms with Crippen molar-refractivity contribution in [1.29, 1.82) is 0 Å². The van der Waals surface area contributed by atoms with E-state index in [0.29, 0.717) is 8.95 Å². The van der Waals surface area contributed by atoms with E-state index in [9.17, 15) is 14.5 Å². The first-order valence-corrected chi connectivity index (χ1v) is 6.49. The van der Waals surface area contributed by atoms with E-state index >= 15 is 0 Å². The van der Waals surface area contributed by atoms with Crippen LogP contribution in [0, 0.1) is 15.9 Å². The number of pyridine rings is 1. The van der Waals surface area contributed by atoms with Gasteiger partial charge in [0.05, 0.1) is 13.9 Å². The van der Waals surface area contributed by atoms with Gasteiger partial charge in [-0.15, -0.1) is 0 Å². The van der Waals surface area contributed by atoms with Gasteiger partial charge in [-0.3, -0.25) is 10.1 Å². The third kappa shape index (κ3) is 3.27. The van der Waals surface area contributed by atoms with Crippen molar-refractivity contribution >= 4 is 37.5 Å². The fourth-order valence-electron chi connectivity index (χ4n) is 1.24. The molecule has 0 bridgehead atoms. The Morgan fingerprint density at radius 2 is 2.00 bits per heavy atom. The Kier molecular flexibility index (Phi) is 4.11. The molecule has 98 valence electrons. The summed E-state index contributed by atoms with van der Waals surface area (Å²) in [6.45, 7) is 0. The van der Waals surface area contributed by atoms with Gasteiger partial charge in [-0.1, -0.05) is 0 Å². The van der Waals surface area contributed by atoms with E-state index in [4.69, 9.17) is 4.74 Å². The molecule has 0 N–H and O–H groups in total. The second kappa shape index (κ2) is 5.62. The number of nitrogens with zero attached hydrogens (tertiary/aromatic N) is 2. The minimum Gasteiger partial charge on any atom is -0.438 e. The first-order chi connectivity index (χ1) is 8.97. The first-order valence-electron chi connectivity index (χ1n) is 4.90. The molecule has 5 nitrogen and oxygen atoms in total. The minimum absolute atomic E-state index is 0.118. The fraction of sp³-hybridized carbons (Fsp3) is 0. The summed E-state index contributed by atoms with van der Waals surface area (Å²) in [5.41, 5.74) is -0.166. The molecule has 0 amide bonds. The van der Waals surface area contributed by atoms with E-state index in [2.05, 4.69) is 36.8 Å². The number of benzene rings is 1. The summed E-state index contributed by atoms with van der Waals surface area (Å²) in [5, 5.41) is 10.6. The molecule has 0 aliphatic rings. The van der Waals surface area contributed by atoms with Gasteiger partial charge in [-0.2, -0.15) is 0 Å². The van der Waals surface area contributed by atoms with Gasteiger partial charge in [0.15, 0.2) is 0 Å². The van der Waals surface area contributed by atoms with Crippen LogP contribution >= 0.6 is 31.9 Å². The zero-order valence-corrected chi connectivity index (χ0v) is 12.3. The first kappa shape index (κ1) is 13.9. The lowest BCUT2D eigenvalue weighted by molar-refractivity contribution is -0.385. The average molecular weight is 392 g/mol. The Labute approximate surface area is 123 Å². The Bertz CT molecular complexity index is 652. The second-order valence-corrected chi connectivity index (χ2v) is 5.12. The predicted molar refractivity (Wildman–Crippen MR) is 72.8 cm³/mol. The Balaban J connectivity index is 2.28. The molecule has 0 atom stereocenters. The molecule has 2 aromatic rings. The maximum Gasteiger partial charge on any atom is 0.288 e. The van der Waals surface area contributed by atoms with Crippen LogP contribution in [0.5, 0.6) is 11.6 Å². The molecule has 0 fully saturated rings. The molecule has 2 rings (SSSR count). The average Bonchev–Trinajstić information content (AvgIpc) is 2.36. The van der Waals surface area contributed by atoms with Crippen molar-refractivity contribution in [3.63, 3.8) is 0 Å². The third-order valence-corrected chi connectivity index (χ3v) is 3.32. The number of rotatable bonds is 3. The lowest BCUT2D eigenvalue weighted by Crippen LogP contribution is -1.93. The highest BCUT2D eigenvalue weighted by Crippen LogP contribution is 2.31. The van der Waals surface area contributed by atoms with Crippen molar-refractivity contribution in [1.82, 2.24) is 4.98 Å². The van der Waals surface area contributed by atoms with Crippen LogP contribution < -0.4 is 4.74 Å². The number of hydrogen-bond donors (Lipinski definition) is 0. The van der Waals surface area contributed by atoms with Crippen LogP contribution in [0.1, 0.15) is 0 Å². The van der Waals surface area contributed by atoms with Crippen LogP contribution in [-0.2, 0) is 0 Å². The SMILES string of the molecule is O=[N+]([O-])c1cnc(Oc2ccc(Br)c(F)c2)c(Br)c1. The van der Waals surface area contributed by atoms with Crippen LogP contribution in [0.25, 0.3) is 0 Å². The highest BCUT2D eigenvalue weighted by atomic mass is 79.9. The van der Waals surface area contributed by atoms with Gasteiger partial charge in [-0.05, 0) is 44.0 Å². The van der Waals surface area contributed by atoms with Crippen LogP contribution in [0.15, 0.2) is 39.4 Å². The van der Waals surface area contributed by atoms with Gasteiger partial charge in [0.25, 0.3) is 5.69 Å². The molecule has 0 radical (unpaired) electrons. The van der Waals surface area contributed by atoms with E-state index in [1.54, 1.807) is 6.07 Å². The maximum atomic E-state index is 13.3. The summed E-state index contributed by atoms with van der Waals surface area (Å²) in [6, 6.07) is 5.48. The lowest BCUT2D eigenvalue weighted by Gasteiger charge is -2.06. The number of halogens is 3. The van der Waals surface area contributed by atoms with Gasteiger partial charge in [-0.25, -0.2) is 9.37 Å². The minimum atomic E-state index is -0.569. The van der Waals surface area contributed by atoms with Gasteiger partial charge < -0.3 is 4.74 Å². The molecule has 0 saturated carbocycles. The smallest absolute Gasteiger partial charge is 0.288 e. The van der Waals surface area contributed by atoms with Crippen LogP contribution in [0.4, 0.5) is 10.1 Å². The van der Waals surface area contributed by atoms with Crippen molar-refractivity contribution in [2.75, 3.05) is 0 Å². The Morgan fingerprint density at radius 3 is 2.58 bits per heavy atom. The summed E-state index contributed by atoms with van der Waals surface area (Å²) in [7, 11) is 0. The van der Waals surface area contributed by atoms with E-state index in [1.807, 2.05) is 0 Å². The lowest BCUT2D eigenvalue weighted by atomic mass is 10.3. The van der Waals surface area contributed by atoms with E-state index in [0.717, 1.165) is 6.20 Å². The molecule has 0 spiro atoms. The van der Waals surface area contributed by atoms with Crippen molar-refractivity contribution in [3.8, 4) is 11.6 Å². The quantitative estimate of drug-likeness (QED) is 0.572. The van der Waals surface area contributed by atoms with Crippen LogP contribution in [0.3, 0.4) is 0 Å². The standard InChI is InChI=1S/C11H5Br2FN2O3/c12-8-2-1-7(4-10(8)14)19-11-9(13)3-6(5-15-11)16(17)18/h1-5H. The highest BCUT2D eigenvalue weighted by molar-refractivity contribution is 9.10. The summed E-state index contributed by atoms with van der Waals surface area (Å²) in [5.74, 6) is -0.120. The molecule has 1 heterocycles. The number of nitro groups is 1. The van der Waals surface area contributed by atoms with E-state index in [-0.39, 0.29) is 17.3 Å². The molecule has 1 aromatic heterocycles. The third-order valence-electron chi connectivity index (χ3n) is 2.11. The van der Waals surface area contributed by atoms with E-state index in [1.165, 1.54) is 18.2 Å². The monoisotopic (exact) mass is 390 g/mol. The molecule has 0 aliphatic carbocycles. The zero-order valence-electron chi connectivity index (χ0n) is 9.14.